The maximum Gasteiger partial charge on any atom is 0.317 e. The number of rotatable bonds is 2. The number of allylic oxidation sites excluding steroid dienone is 1. The first kappa shape index (κ1) is 15.9. The number of carbonyl (C=O) groups excluding carboxylic acids is 1. The summed E-state index contributed by atoms with van der Waals surface area (Å²) in [6.07, 6.45) is 2.11. The predicted molar refractivity (Wildman–Crippen MR) is 106 cm³/mol. The number of ether oxygens (including phenoxy) is 1. The van der Waals surface area contributed by atoms with Crippen LogP contribution in [-0.2, 0) is 9.53 Å². The zero-order valence-electron chi connectivity index (χ0n) is 14.7. The molecule has 2 aliphatic rings. The molecule has 27 heavy (non-hydrogen) atoms. The first-order valence-electron chi connectivity index (χ1n) is 9.20. The van der Waals surface area contributed by atoms with Crippen LogP contribution in [0.25, 0.3) is 5.76 Å². The highest BCUT2D eigenvalue weighted by Crippen LogP contribution is 2.49. The van der Waals surface area contributed by atoms with Crippen molar-refractivity contribution in [1.29, 1.82) is 0 Å². The van der Waals surface area contributed by atoms with Gasteiger partial charge in [-0.1, -0.05) is 78.9 Å². The van der Waals surface area contributed by atoms with Crippen LogP contribution >= 0.6 is 0 Å². The normalized spacial score (nSPS) is 23.3. The van der Waals surface area contributed by atoms with E-state index in [9.17, 15) is 4.79 Å². The summed E-state index contributed by atoms with van der Waals surface area (Å²) in [5.41, 5.74) is 4.23. The molecule has 0 spiro atoms. The Morgan fingerprint density at radius 1 is 0.778 bits per heavy atom. The molecule has 0 unspecified atom stereocenters. The Kier molecular flexibility index (Phi) is 3.79. The molecule has 0 saturated heterocycles. The van der Waals surface area contributed by atoms with E-state index >= 15 is 0 Å². The van der Waals surface area contributed by atoms with Crippen molar-refractivity contribution in [3.8, 4) is 0 Å². The van der Waals surface area contributed by atoms with Gasteiger partial charge in [-0.3, -0.25) is 4.79 Å². The van der Waals surface area contributed by atoms with Crippen molar-refractivity contribution < 1.29 is 9.53 Å². The van der Waals surface area contributed by atoms with Crippen LogP contribution in [0.15, 0.2) is 91.0 Å². The fourth-order valence-electron chi connectivity index (χ4n) is 4.14. The molecule has 0 fully saturated rings. The maximum atomic E-state index is 13.1. The molecular weight excluding hydrogens is 334 g/mol. The number of nitrogens with one attached hydrogen (secondary N) is 1. The van der Waals surface area contributed by atoms with E-state index in [0.717, 1.165) is 22.4 Å². The van der Waals surface area contributed by atoms with E-state index in [-0.39, 0.29) is 23.8 Å². The summed E-state index contributed by atoms with van der Waals surface area (Å²) in [5, 5.41) is 3.57. The molecular formula is C24H19NO2. The molecule has 0 bridgehead atoms. The molecule has 2 heterocycles. The Hall–Kier alpha value is -3.33. The monoisotopic (exact) mass is 353 g/mol. The number of hydrogen-bond acceptors (Lipinski definition) is 3. The Labute approximate surface area is 158 Å². The second-order valence-corrected chi connectivity index (χ2v) is 6.99. The molecule has 1 N–H and O–H groups in total. The Bertz CT molecular complexity index is 1010. The van der Waals surface area contributed by atoms with Crippen molar-refractivity contribution in [3.05, 3.63) is 108 Å². The first-order chi connectivity index (χ1) is 13.3. The van der Waals surface area contributed by atoms with Gasteiger partial charge in [0.15, 0.2) is 0 Å². The van der Waals surface area contributed by atoms with Gasteiger partial charge in [0.2, 0.25) is 0 Å². The predicted octanol–water partition coefficient (Wildman–Crippen LogP) is 5.15. The molecule has 0 amide bonds. The lowest BCUT2D eigenvalue weighted by Crippen LogP contribution is -2.39. The van der Waals surface area contributed by atoms with Crippen molar-refractivity contribution in [2.45, 2.75) is 12.0 Å². The Balaban J connectivity index is 1.65. The van der Waals surface area contributed by atoms with Gasteiger partial charge in [-0.15, -0.1) is 0 Å². The highest BCUT2D eigenvalue weighted by Gasteiger charge is 2.45. The quantitative estimate of drug-likeness (QED) is 0.648. The molecule has 2 aliphatic heterocycles. The minimum absolute atomic E-state index is 0.0240. The third-order valence-corrected chi connectivity index (χ3v) is 5.41. The van der Waals surface area contributed by atoms with Gasteiger partial charge in [0.25, 0.3) is 0 Å². The molecule has 0 aliphatic carbocycles. The summed E-state index contributed by atoms with van der Waals surface area (Å²) < 4.78 is 5.79. The zero-order chi connectivity index (χ0) is 18.2. The fourth-order valence-corrected chi connectivity index (χ4v) is 4.14. The van der Waals surface area contributed by atoms with Gasteiger partial charge in [-0.2, -0.15) is 0 Å². The van der Waals surface area contributed by atoms with Crippen molar-refractivity contribution in [1.82, 2.24) is 0 Å². The van der Waals surface area contributed by atoms with Crippen LogP contribution in [0, 0.1) is 5.92 Å². The molecule has 3 nitrogen and oxygen atoms in total. The lowest BCUT2D eigenvalue weighted by Gasteiger charge is -2.40. The van der Waals surface area contributed by atoms with E-state index in [1.165, 1.54) is 0 Å². The molecule has 132 valence electrons. The van der Waals surface area contributed by atoms with E-state index in [4.69, 9.17) is 4.74 Å². The second kappa shape index (κ2) is 6.44. The summed E-state index contributed by atoms with van der Waals surface area (Å²) in [6.45, 7) is 0. The van der Waals surface area contributed by atoms with Gasteiger partial charge in [0.05, 0.1) is 12.0 Å². The molecule has 0 radical (unpaired) electrons. The molecule has 3 aromatic carbocycles. The van der Waals surface area contributed by atoms with Crippen LogP contribution in [0.3, 0.4) is 0 Å². The van der Waals surface area contributed by atoms with Gasteiger partial charge < -0.3 is 10.1 Å². The van der Waals surface area contributed by atoms with Crippen molar-refractivity contribution in [2.24, 2.45) is 5.92 Å². The van der Waals surface area contributed by atoms with Crippen LogP contribution in [-0.4, -0.2) is 5.97 Å². The SMILES string of the molecule is O=C1OC(c2ccccc2)=C[C@@H]2c3ccccc3N[C@@H](c3ccccc3)[C@H]12. The third kappa shape index (κ3) is 2.72. The lowest BCUT2D eigenvalue weighted by atomic mass is 9.73. The third-order valence-electron chi connectivity index (χ3n) is 5.41. The van der Waals surface area contributed by atoms with E-state index in [1.807, 2.05) is 60.7 Å². The topological polar surface area (TPSA) is 38.3 Å². The van der Waals surface area contributed by atoms with Gasteiger partial charge in [-0.25, -0.2) is 0 Å². The number of benzene rings is 3. The molecule has 0 saturated carbocycles. The van der Waals surface area contributed by atoms with Crippen LogP contribution < -0.4 is 5.32 Å². The smallest absolute Gasteiger partial charge is 0.317 e. The summed E-state index contributed by atoms with van der Waals surface area (Å²) in [4.78, 5) is 13.1. The Morgan fingerprint density at radius 3 is 2.22 bits per heavy atom. The maximum absolute atomic E-state index is 13.1. The van der Waals surface area contributed by atoms with E-state index in [0.29, 0.717) is 5.76 Å². The van der Waals surface area contributed by atoms with Gasteiger partial charge in [0, 0.05) is 17.2 Å². The Morgan fingerprint density at radius 2 is 1.44 bits per heavy atom. The second-order valence-electron chi connectivity index (χ2n) is 6.99. The summed E-state index contributed by atoms with van der Waals surface area (Å²) >= 11 is 0. The van der Waals surface area contributed by atoms with Crippen LogP contribution in [0.2, 0.25) is 0 Å². The summed E-state index contributed by atoms with van der Waals surface area (Å²) in [7, 11) is 0. The number of para-hydroxylation sites is 1. The summed E-state index contributed by atoms with van der Waals surface area (Å²) in [5.74, 6) is 0.140. The number of cyclic esters (lactones) is 1. The minimum atomic E-state index is -0.297. The van der Waals surface area contributed by atoms with Gasteiger partial charge in [-0.05, 0) is 23.3 Å². The highest BCUT2D eigenvalue weighted by molar-refractivity contribution is 5.87. The zero-order valence-corrected chi connectivity index (χ0v) is 14.7. The van der Waals surface area contributed by atoms with Crippen molar-refractivity contribution in [3.63, 3.8) is 0 Å². The average Bonchev–Trinajstić information content (AvgIpc) is 2.74. The number of esters is 1. The van der Waals surface area contributed by atoms with Crippen molar-refractivity contribution in [2.75, 3.05) is 5.32 Å². The molecule has 3 heteroatoms. The van der Waals surface area contributed by atoms with Gasteiger partial charge in [0.1, 0.15) is 5.76 Å². The van der Waals surface area contributed by atoms with Crippen LogP contribution in [0.5, 0.6) is 0 Å². The van der Waals surface area contributed by atoms with E-state index < -0.39 is 0 Å². The molecule has 3 atom stereocenters. The molecule has 5 rings (SSSR count). The minimum Gasteiger partial charge on any atom is -0.426 e. The van der Waals surface area contributed by atoms with Gasteiger partial charge >= 0.3 is 5.97 Å². The number of anilines is 1. The number of hydrogen-bond donors (Lipinski definition) is 1. The summed E-state index contributed by atoms with van der Waals surface area (Å²) in [6, 6.07) is 28.1. The molecule has 3 aromatic rings. The lowest BCUT2D eigenvalue weighted by molar-refractivity contribution is -0.143. The highest BCUT2D eigenvalue weighted by atomic mass is 16.5. The van der Waals surface area contributed by atoms with Crippen molar-refractivity contribution >= 4 is 17.4 Å². The first-order valence-corrected chi connectivity index (χ1v) is 9.20. The van der Waals surface area contributed by atoms with Crippen LogP contribution in [0.4, 0.5) is 5.69 Å². The largest absolute Gasteiger partial charge is 0.426 e. The van der Waals surface area contributed by atoms with E-state index in [1.54, 1.807) is 0 Å². The van der Waals surface area contributed by atoms with Crippen LogP contribution in [0.1, 0.15) is 28.7 Å². The molecule has 0 aromatic heterocycles. The standard InChI is InChI=1S/C24H19NO2/c26-24-22-19(15-21(27-24)16-9-3-1-4-10-16)18-13-7-8-14-20(18)25-23(22)17-11-5-2-6-12-17/h1-15,19,22-23,25H/t19-,22-,23+/m1/s1. The van der Waals surface area contributed by atoms with E-state index in [2.05, 4.69) is 35.7 Å². The average molecular weight is 353 g/mol. The fraction of sp³-hybridized carbons (Fsp3) is 0.125. The number of fused-ring (bicyclic) bond motifs is 3. The number of carbonyl (C=O) groups is 1.